The second kappa shape index (κ2) is 9.14. The quantitative estimate of drug-likeness (QED) is 0.434. The Hall–Kier alpha value is -3.09. The van der Waals surface area contributed by atoms with Gasteiger partial charge >= 0.3 is 6.03 Å². The van der Waals surface area contributed by atoms with Crippen molar-refractivity contribution in [2.75, 3.05) is 37.8 Å². The summed E-state index contributed by atoms with van der Waals surface area (Å²) in [5.41, 5.74) is 12.5. The van der Waals surface area contributed by atoms with E-state index >= 15 is 0 Å². The third kappa shape index (κ3) is 6.35. The summed E-state index contributed by atoms with van der Waals surface area (Å²) in [6.07, 6.45) is 0. The molecule has 0 saturated carbocycles. The third-order valence-corrected chi connectivity index (χ3v) is 3.07. The Balaban J connectivity index is 1.52. The summed E-state index contributed by atoms with van der Waals surface area (Å²) in [4.78, 5) is 11.6. The summed E-state index contributed by atoms with van der Waals surface area (Å²) in [6.45, 7) is 1.54. The van der Waals surface area contributed by atoms with Gasteiger partial charge in [0.2, 0.25) is 0 Å². The number of urea groups is 1. The molecule has 0 saturated heterocycles. The maximum absolute atomic E-state index is 11.6. The number of carbonyl (C=O) groups is 1. The molecule has 0 bridgehead atoms. The number of ether oxygens (including phenoxy) is 2. The molecule has 0 aliphatic heterocycles. The molecule has 7 nitrogen and oxygen atoms in total. The first-order valence-corrected chi connectivity index (χ1v) is 7.62. The van der Waals surface area contributed by atoms with E-state index in [1.54, 1.807) is 48.5 Å². The van der Waals surface area contributed by atoms with Crippen molar-refractivity contribution in [3.05, 3.63) is 48.5 Å². The Labute approximate surface area is 140 Å². The van der Waals surface area contributed by atoms with Crippen LogP contribution in [0.5, 0.6) is 11.5 Å². The van der Waals surface area contributed by atoms with E-state index in [1.807, 2.05) is 0 Å². The van der Waals surface area contributed by atoms with Crippen molar-refractivity contribution in [1.29, 1.82) is 0 Å². The summed E-state index contributed by atoms with van der Waals surface area (Å²) in [5, 5.41) is 5.40. The molecule has 0 atom stereocenters. The van der Waals surface area contributed by atoms with E-state index in [4.69, 9.17) is 20.9 Å². The highest BCUT2D eigenvalue weighted by molar-refractivity contribution is 5.73. The SMILES string of the molecule is Nc1ccc(OCCNC(=O)NCCOc2ccc(N)cc2)cc1. The minimum atomic E-state index is -0.267. The summed E-state index contributed by atoms with van der Waals surface area (Å²) < 4.78 is 10.9. The molecule has 7 heteroatoms. The lowest BCUT2D eigenvalue weighted by molar-refractivity contribution is 0.232. The van der Waals surface area contributed by atoms with Crippen LogP contribution in [0.25, 0.3) is 0 Å². The lowest BCUT2D eigenvalue weighted by Gasteiger charge is -2.10. The minimum Gasteiger partial charge on any atom is -0.492 e. The standard InChI is InChI=1S/C17H22N4O3/c18-13-1-5-15(6-2-13)23-11-9-20-17(22)21-10-12-24-16-7-3-14(19)4-8-16/h1-8H,9-12,18-19H2,(H2,20,21,22). The van der Waals surface area contributed by atoms with Crippen LogP contribution >= 0.6 is 0 Å². The molecule has 24 heavy (non-hydrogen) atoms. The predicted molar refractivity (Wildman–Crippen MR) is 94.1 cm³/mol. The van der Waals surface area contributed by atoms with Crippen LogP contribution in [0, 0.1) is 0 Å². The van der Waals surface area contributed by atoms with E-state index < -0.39 is 0 Å². The van der Waals surface area contributed by atoms with E-state index in [9.17, 15) is 4.79 Å². The first-order chi connectivity index (χ1) is 11.6. The van der Waals surface area contributed by atoms with E-state index in [-0.39, 0.29) is 6.03 Å². The maximum atomic E-state index is 11.6. The highest BCUT2D eigenvalue weighted by atomic mass is 16.5. The number of nitrogens with one attached hydrogen (secondary N) is 2. The molecule has 0 aliphatic carbocycles. The molecular formula is C17H22N4O3. The molecule has 0 aliphatic rings. The van der Waals surface area contributed by atoms with Gasteiger partial charge in [0.1, 0.15) is 24.7 Å². The molecule has 0 radical (unpaired) electrons. The normalized spacial score (nSPS) is 10.0. The smallest absolute Gasteiger partial charge is 0.315 e. The molecule has 128 valence electrons. The molecule has 0 heterocycles. The third-order valence-electron chi connectivity index (χ3n) is 3.07. The summed E-state index contributed by atoms with van der Waals surface area (Å²) in [6, 6.07) is 13.9. The van der Waals surface area contributed by atoms with E-state index in [1.165, 1.54) is 0 Å². The van der Waals surface area contributed by atoms with Crippen LogP contribution in [0.3, 0.4) is 0 Å². The molecule has 2 aromatic rings. The lowest BCUT2D eigenvalue weighted by Crippen LogP contribution is -2.39. The number of amides is 2. The number of anilines is 2. The van der Waals surface area contributed by atoms with Crippen molar-refractivity contribution in [2.24, 2.45) is 0 Å². The summed E-state index contributed by atoms with van der Waals surface area (Å²) in [7, 11) is 0. The van der Waals surface area contributed by atoms with Crippen LogP contribution in [-0.4, -0.2) is 32.3 Å². The van der Waals surface area contributed by atoms with Crippen LogP contribution in [-0.2, 0) is 0 Å². The van der Waals surface area contributed by atoms with Crippen LogP contribution < -0.4 is 31.6 Å². The van der Waals surface area contributed by atoms with Gasteiger partial charge < -0.3 is 31.6 Å². The van der Waals surface area contributed by atoms with Gasteiger partial charge in [0.15, 0.2) is 0 Å². The van der Waals surface area contributed by atoms with E-state index in [0.29, 0.717) is 49.2 Å². The largest absolute Gasteiger partial charge is 0.492 e. The Morgan fingerprint density at radius 3 is 1.50 bits per heavy atom. The summed E-state index contributed by atoms with van der Waals surface area (Å²) in [5.74, 6) is 1.42. The van der Waals surface area contributed by atoms with Gasteiger partial charge in [-0.05, 0) is 48.5 Å². The Morgan fingerprint density at radius 1 is 0.750 bits per heavy atom. The second-order valence-corrected chi connectivity index (χ2v) is 5.02. The number of benzene rings is 2. The van der Waals surface area contributed by atoms with Gasteiger partial charge in [-0.15, -0.1) is 0 Å². The minimum absolute atomic E-state index is 0.267. The average molecular weight is 330 g/mol. The lowest BCUT2D eigenvalue weighted by atomic mass is 10.3. The number of carbonyl (C=O) groups excluding carboxylic acids is 1. The average Bonchev–Trinajstić information content (AvgIpc) is 2.59. The molecule has 2 aromatic carbocycles. The number of rotatable bonds is 8. The molecular weight excluding hydrogens is 308 g/mol. The highest BCUT2D eigenvalue weighted by Gasteiger charge is 2.00. The van der Waals surface area contributed by atoms with Crippen LogP contribution in [0.1, 0.15) is 0 Å². The van der Waals surface area contributed by atoms with Gasteiger partial charge in [0.25, 0.3) is 0 Å². The Morgan fingerprint density at radius 2 is 1.12 bits per heavy atom. The topological polar surface area (TPSA) is 112 Å². The molecule has 2 rings (SSSR count). The fourth-order valence-electron chi connectivity index (χ4n) is 1.86. The molecule has 0 unspecified atom stereocenters. The maximum Gasteiger partial charge on any atom is 0.315 e. The van der Waals surface area contributed by atoms with Crippen molar-refractivity contribution in [3.8, 4) is 11.5 Å². The van der Waals surface area contributed by atoms with Crippen LogP contribution in [0.4, 0.5) is 16.2 Å². The van der Waals surface area contributed by atoms with Crippen molar-refractivity contribution < 1.29 is 14.3 Å². The zero-order valence-corrected chi connectivity index (χ0v) is 13.3. The van der Waals surface area contributed by atoms with Gasteiger partial charge in [0, 0.05) is 11.4 Å². The number of nitrogens with two attached hydrogens (primary N) is 2. The monoisotopic (exact) mass is 330 g/mol. The molecule has 2 amide bonds. The zero-order chi connectivity index (χ0) is 17.2. The van der Waals surface area contributed by atoms with Crippen molar-refractivity contribution in [2.45, 2.75) is 0 Å². The molecule has 6 N–H and O–H groups in total. The first-order valence-electron chi connectivity index (χ1n) is 7.62. The first kappa shape index (κ1) is 17.3. The van der Waals surface area contributed by atoms with E-state index in [2.05, 4.69) is 10.6 Å². The van der Waals surface area contributed by atoms with Crippen LogP contribution in [0.2, 0.25) is 0 Å². The highest BCUT2D eigenvalue weighted by Crippen LogP contribution is 2.13. The van der Waals surface area contributed by atoms with Gasteiger partial charge in [-0.3, -0.25) is 0 Å². The van der Waals surface area contributed by atoms with Gasteiger partial charge in [-0.25, -0.2) is 4.79 Å². The number of hydrogen-bond acceptors (Lipinski definition) is 5. The van der Waals surface area contributed by atoms with Crippen LogP contribution in [0.15, 0.2) is 48.5 Å². The summed E-state index contributed by atoms with van der Waals surface area (Å²) >= 11 is 0. The zero-order valence-electron chi connectivity index (χ0n) is 13.3. The Bertz CT molecular complexity index is 574. The predicted octanol–water partition coefficient (Wildman–Crippen LogP) is 1.61. The van der Waals surface area contributed by atoms with Gasteiger partial charge in [0.05, 0.1) is 13.1 Å². The molecule has 0 aromatic heterocycles. The van der Waals surface area contributed by atoms with Crippen molar-refractivity contribution >= 4 is 17.4 Å². The van der Waals surface area contributed by atoms with Gasteiger partial charge in [-0.1, -0.05) is 0 Å². The number of hydrogen-bond donors (Lipinski definition) is 4. The second-order valence-electron chi connectivity index (χ2n) is 5.02. The van der Waals surface area contributed by atoms with Gasteiger partial charge in [-0.2, -0.15) is 0 Å². The fraction of sp³-hybridized carbons (Fsp3) is 0.235. The Kier molecular flexibility index (Phi) is 6.58. The fourth-order valence-corrected chi connectivity index (χ4v) is 1.86. The van der Waals surface area contributed by atoms with Crippen molar-refractivity contribution in [3.63, 3.8) is 0 Å². The van der Waals surface area contributed by atoms with E-state index in [0.717, 1.165) is 0 Å². The molecule has 0 fully saturated rings. The van der Waals surface area contributed by atoms with Crippen molar-refractivity contribution in [1.82, 2.24) is 10.6 Å². The molecule has 0 spiro atoms. The number of nitrogen functional groups attached to an aromatic ring is 2.